The first-order chi connectivity index (χ1) is 13.8. The Bertz CT molecular complexity index is 1110. The lowest BCUT2D eigenvalue weighted by atomic mass is 9.88. The molecule has 0 radical (unpaired) electrons. The Morgan fingerprint density at radius 3 is 2.34 bits per heavy atom. The van der Waals surface area contributed by atoms with Crippen molar-refractivity contribution in [2.24, 2.45) is 5.90 Å². The lowest BCUT2D eigenvalue weighted by Gasteiger charge is -2.20. The van der Waals surface area contributed by atoms with Crippen LogP contribution in [0.2, 0.25) is 10.0 Å². The molecular formula is C23H18Cl2FNO2. The number of aryl methyl sites for hydroxylation is 1. The summed E-state index contributed by atoms with van der Waals surface area (Å²) in [5, 5.41) is 10.1. The third kappa shape index (κ3) is 4.15. The third-order valence-corrected chi connectivity index (χ3v) is 5.15. The molecule has 0 saturated heterocycles. The average Bonchev–Trinajstić information content (AvgIpc) is 2.67. The maximum atomic E-state index is 14.7. The quantitative estimate of drug-likeness (QED) is 0.207. The summed E-state index contributed by atoms with van der Waals surface area (Å²) in [7, 11) is 0. The number of hydrogen-bond donors (Lipinski definition) is 2. The normalized spacial score (nSPS) is 11.8. The molecule has 3 rings (SSSR count). The molecule has 3 nitrogen and oxygen atoms in total. The number of allylic oxidation sites excluding steroid dienone is 2. The minimum Gasteiger partial charge on any atom is -0.508 e. The highest BCUT2D eigenvalue weighted by atomic mass is 35.5. The molecule has 0 aromatic heterocycles. The second-order valence-electron chi connectivity index (χ2n) is 6.38. The molecule has 0 aliphatic heterocycles. The Kier molecular flexibility index (Phi) is 6.28. The van der Waals surface area contributed by atoms with Gasteiger partial charge in [0, 0.05) is 16.7 Å². The van der Waals surface area contributed by atoms with E-state index in [1.165, 1.54) is 24.3 Å². The predicted octanol–water partition coefficient (Wildman–Crippen LogP) is 6.62. The summed E-state index contributed by atoms with van der Waals surface area (Å²) in [5.74, 6) is 5.28. The number of nitrogens with two attached hydrogens (primary N) is 1. The van der Waals surface area contributed by atoms with Gasteiger partial charge in [-0.15, -0.1) is 0 Å². The molecule has 0 unspecified atom stereocenters. The van der Waals surface area contributed by atoms with Gasteiger partial charge in [-0.3, -0.25) is 0 Å². The van der Waals surface area contributed by atoms with Crippen molar-refractivity contribution in [3.05, 3.63) is 105 Å². The van der Waals surface area contributed by atoms with Crippen molar-refractivity contribution in [2.45, 2.75) is 6.92 Å². The minimum atomic E-state index is -0.526. The van der Waals surface area contributed by atoms with Gasteiger partial charge < -0.3 is 9.94 Å². The second-order valence-corrected chi connectivity index (χ2v) is 7.19. The van der Waals surface area contributed by atoms with Gasteiger partial charge in [0.15, 0.2) is 5.76 Å². The Balaban J connectivity index is 2.38. The molecule has 0 bridgehead atoms. The van der Waals surface area contributed by atoms with Crippen LogP contribution in [0.25, 0.3) is 16.9 Å². The summed E-state index contributed by atoms with van der Waals surface area (Å²) in [6, 6.07) is 16.2. The molecule has 0 fully saturated rings. The van der Waals surface area contributed by atoms with Gasteiger partial charge in [0.25, 0.3) is 0 Å². The second kappa shape index (κ2) is 8.70. The van der Waals surface area contributed by atoms with Crippen molar-refractivity contribution in [1.82, 2.24) is 0 Å². The van der Waals surface area contributed by atoms with E-state index in [2.05, 4.69) is 6.58 Å². The molecule has 0 atom stereocenters. The molecule has 29 heavy (non-hydrogen) atoms. The van der Waals surface area contributed by atoms with Gasteiger partial charge in [-0.25, -0.2) is 4.39 Å². The number of halogens is 3. The van der Waals surface area contributed by atoms with Gasteiger partial charge in [0.2, 0.25) is 0 Å². The highest BCUT2D eigenvalue weighted by Gasteiger charge is 2.24. The van der Waals surface area contributed by atoms with Gasteiger partial charge in [-0.05, 0) is 54.0 Å². The van der Waals surface area contributed by atoms with Gasteiger partial charge in [-0.1, -0.05) is 60.1 Å². The molecule has 148 valence electrons. The van der Waals surface area contributed by atoms with Gasteiger partial charge in [0.1, 0.15) is 11.6 Å². The van der Waals surface area contributed by atoms with Crippen LogP contribution in [0, 0.1) is 12.7 Å². The third-order valence-electron chi connectivity index (χ3n) is 4.52. The molecule has 3 aromatic rings. The first-order valence-corrected chi connectivity index (χ1v) is 9.40. The van der Waals surface area contributed by atoms with Crippen molar-refractivity contribution in [2.75, 3.05) is 0 Å². The van der Waals surface area contributed by atoms with Gasteiger partial charge in [0.05, 0.1) is 10.0 Å². The Morgan fingerprint density at radius 1 is 1.00 bits per heavy atom. The molecule has 3 N–H and O–H groups in total. The molecule has 0 saturated carbocycles. The van der Waals surface area contributed by atoms with Crippen LogP contribution in [0.3, 0.4) is 0 Å². The molecule has 0 aliphatic carbocycles. The molecule has 3 aromatic carbocycles. The number of rotatable bonds is 5. The van der Waals surface area contributed by atoms with Crippen molar-refractivity contribution in [1.29, 1.82) is 0 Å². The zero-order valence-corrected chi connectivity index (χ0v) is 17.1. The topological polar surface area (TPSA) is 55.5 Å². The number of benzene rings is 3. The Labute approximate surface area is 178 Å². The largest absolute Gasteiger partial charge is 0.508 e. The summed E-state index contributed by atoms with van der Waals surface area (Å²) in [6.45, 7) is 6.00. The van der Waals surface area contributed by atoms with Crippen molar-refractivity contribution in [3.8, 4) is 5.75 Å². The van der Waals surface area contributed by atoms with E-state index in [0.29, 0.717) is 11.1 Å². The van der Waals surface area contributed by atoms with Crippen LogP contribution < -0.4 is 5.90 Å². The number of hydrogen-bond acceptors (Lipinski definition) is 3. The number of aromatic hydroxyl groups is 1. The van der Waals surface area contributed by atoms with E-state index in [-0.39, 0.29) is 32.7 Å². The number of phenolic OH excluding ortho intramolecular Hbond substituents is 1. The highest BCUT2D eigenvalue weighted by Crippen LogP contribution is 2.42. The molecule has 0 amide bonds. The SMILES string of the molecule is C=C(/C(=C(\ON)c1ccc(O)cc1Cl)c1ccccc1C)c1c(F)cccc1Cl. The van der Waals surface area contributed by atoms with E-state index in [1.807, 2.05) is 31.2 Å². The summed E-state index contributed by atoms with van der Waals surface area (Å²) < 4.78 is 14.7. The van der Waals surface area contributed by atoms with Crippen LogP contribution in [-0.4, -0.2) is 5.11 Å². The predicted molar refractivity (Wildman–Crippen MR) is 117 cm³/mol. The van der Waals surface area contributed by atoms with Crippen molar-refractivity contribution in [3.63, 3.8) is 0 Å². The molecule has 0 aliphatic rings. The van der Waals surface area contributed by atoms with E-state index >= 15 is 0 Å². The standard InChI is InChI=1S/C23H18Cl2FNO2/c1-13-6-3-4-7-16(13)21(14(2)22-18(24)8-5-9-20(22)26)23(29-27)17-11-10-15(28)12-19(17)25/h3-12,28H,2,27H2,1H3/b23-21+. The first kappa shape index (κ1) is 20.9. The fourth-order valence-corrected chi connectivity index (χ4v) is 3.67. The summed E-state index contributed by atoms with van der Waals surface area (Å²) >= 11 is 12.6. The van der Waals surface area contributed by atoms with Crippen LogP contribution in [0.15, 0.2) is 67.2 Å². The fourth-order valence-electron chi connectivity index (χ4n) is 3.13. The summed E-state index contributed by atoms with van der Waals surface area (Å²) in [4.78, 5) is 5.24. The maximum Gasteiger partial charge on any atom is 0.163 e. The van der Waals surface area contributed by atoms with Crippen LogP contribution in [-0.2, 0) is 4.84 Å². The Hall–Kier alpha value is -2.79. The summed E-state index contributed by atoms with van der Waals surface area (Å²) in [6.07, 6.45) is 0. The van der Waals surface area contributed by atoms with E-state index in [0.717, 1.165) is 11.1 Å². The van der Waals surface area contributed by atoms with Gasteiger partial charge in [-0.2, -0.15) is 5.90 Å². The van der Waals surface area contributed by atoms with Crippen LogP contribution in [0.4, 0.5) is 4.39 Å². The molecule has 6 heteroatoms. The molecular weight excluding hydrogens is 412 g/mol. The van der Waals surface area contributed by atoms with Crippen molar-refractivity contribution >= 4 is 40.1 Å². The average molecular weight is 430 g/mol. The lowest BCUT2D eigenvalue weighted by molar-refractivity contribution is 0.292. The van der Waals surface area contributed by atoms with Crippen LogP contribution in [0.5, 0.6) is 5.75 Å². The van der Waals surface area contributed by atoms with E-state index in [9.17, 15) is 9.50 Å². The van der Waals surface area contributed by atoms with Gasteiger partial charge >= 0.3 is 0 Å². The maximum absolute atomic E-state index is 14.7. The fraction of sp³-hybridized carbons (Fsp3) is 0.0435. The Morgan fingerprint density at radius 2 is 1.72 bits per heavy atom. The van der Waals surface area contributed by atoms with E-state index < -0.39 is 5.82 Å². The highest BCUT2D eigenvalue weighted by molar-refractivity contribution is 6.34. The number of phenols is 1. The lowest BCUT2D eigenvalue weighted by Crippen LogP contribution is -2.06. The van der Waals surface area contributed by atoms with Crippen LogP contribution >= 0.6 is 23.2 Å². The zero-order chi connectivity index (χ0) is 21.1. The minimum absolute atomic E-state index is 0.0106. The van der Waals surface area contributed by atoms with Crippen molar-refractivity contribution < 1.29 is 14.3 Å². The van der Waals surface area contributed by atoms with Crippen LogP contribution in [0.1, 0.15) is 22.3 Å². The monoisotopic (exact) mass is 429 g/mol. The summed E-state index contributed by atoms with van der Waals surface area (Å²) in [5.41, 5.74) is 2.88. The van der Waals surface area contributed by atoms with E-state index in [4.69, 9.17) is 33.9 Å². The molecule has 0 spiro atoms. The smallest absolute Gasteiger partial charge is 0.163 e. The molecule has 0 heterocycles. The zero-order valence-electron chi connectivity index (χ0n) is 15.5. The van der Waals surface area contributed by atoms with E-state index in [1.54, 1.807) is 12.1 Å². The first-order valence-electron chi connectivity index (χ1n) is 8.64.